The summed E-state index contributed by atoms with van der Waals surface area (Å²) in [6, 6.07) is 12.1. The van der Waals surface area contributed by atoms with Crippen LogP contribution in [-0.2, 0) is 9.53 Å². The predicted octanol–water partition coefficient (Wildman–Crippen LogP) is 2.22. The van der Waals surface area contributed by atoms with Gasteiger partial charge in [-0.05, 0) is 12.5 Å². The van der Waals surface area contributed by atoms with Gasteiger partial charge in [0.15, 0.2) is 5.82 Å². The van der Waals surface area contributed by atoms with E-state index < -0.39 is 0 Å². The molecule has 0 atom stereocenters. The normalized spacial score (nSPS) is 17.2. The monoisotopic (exact) mass is 466 g/mol. The summed E-state index contributed by atoms with van der Waals surface area (Å²) in [5.41, 5.74) is 6.31. The highest BCUT2D eigenvalue weighted by atomic mass is 16.5. The minimum atomic E-state index is 0.144. The van der Waals surface area contributed by atoms with Gasteiger partial charge in [-0.2, -0.15) is 10.1 Å². The van der Waals surface area contributed by atoms with Gasteiger partial charge in [-0.15, -0.1) is 0 Å². The highest BCUT2D eigenvalue weighted by molar-refractivity contribution is 5.80. The first-order valence-corrected chi connectivity index (χ1v) is 11.9. The number of nitrogens with one attached hydrogen (secondary N) is 1. The average molecular weight is 467 g/mol. The van der Waals surface area contributed by atoms with Gasteiger partial charge >= 0.3 is 0 Å². The molecule has 1 N–H and O–H groups in total. The maximum atomic E-state index is 11.5. The van der Waals surface area contributed by atoms with Crippen molar-refractivity contribution in [3.05, 3.63) is 47.5 Å². The van der Waals surface area contributed by atoms with Crippen molar-refractivity contribution >= 4 is 23.6 Å². The molecule has 1 amide bonds. The molecule has 34 heavy (non-hydrogen) atoms. The Hall–Kier alpha value is -3.17. The first kappa shape index (κ1) is 24.0. The topological polar surface area (TPSA) is 82.5 Å². The van der Waals surface area contributed by atoms with Crippen LogP contribution in [0.4, 0.5) is 11.5 Å². The van der Waals surface area contributed by atoms with E-state index in [2.05, 4.69) is 44.4 Å². The highest BCUT2D eigenvalue weighted by Crippen LogP contribution is 2.25. The number of hydrogen-bond donors (Lipinski definition) is 1. The molecule has 2 aromatic rings. The van der Waals surface area contributed by atoms with E-state index in [1.54, 1.807) is 13.1 Å². The molecule has 9 heteroatoms. The van der Waals surface area contributed by atoms with Gasteiger partial charge in [-0.1, -0.05) is 29.8 Å². The maximum absolute atomic E-state index is 11.5. The number of rotatable bonds is 8. The lowest BCUT2D eigenvalue weighted by atomic mass is 10.2. The fourth-order valence-corrected chi connectivity index (χ4v) is 4.12. The molecule has 1 aromatic carbocycles. The number of piperazine rings is 1. The third-order valence-electron chi connectivity index (χ3n) is 6.07. The van der Waals surface area contributed by atoms with Crippen molar-refractivity contribution in [2.24, 2.45) is 5.10 Å². The summed E-state index contributed by atoms with van der Waals surface area (Å²) < 4.78 is 11.6. The van der Waals surface area contributed by atoms with Crippen LogP contribution in [-0.4, -0.2) is 92.5 Å². The molecule has 0 spiro atoms. The summed E-state index contributed by atoms with van der Waals surface area (Å²) in [5, 5.41) is 4.38. The van der Waals surface area contributed by atoms with Gasteiger partial charge in [-0.25, -0.2) is 0 Å². The Balaban J connectivity index is 1.38. The molecular weight excluding hydrogens is 432 g/mol. The Morgan fingerprint density at radius 1 is 1.15 bits per heavy atom. The maximum Gasteiger partial charge on any atom is 0.219 e. The second-order valence-electron chi connectivity index (χ2n) is 8.63. The predicted molar refractivity (Wildman–Crippen MR) is 134 cm³/mol. The minimum absolute atomic E-state index is 0.144. The van der Waals surface area contributed by atoms with Crippen molar-refractivity contribution in [3.63, 3.8) is 0 Å². The largest absolute Gasteiger partial charge is 0.476 e. The Morgan fingerprint density at radius 3 is 2.68 bits per heavy atom. The fourth-order valence-electron chi connectivity index (χ4n) is 4.12. The van der Waals surface area contributed by atoms with Gasteiger partial charge in [0.25, 0.3) is 0 Å². The molecule has 3 heterocycles. The molecule has 2 saturated heterocycles. The van der Waals surface area contributed by atoms with Crippen LogP contribution in [0, 0.1) is 6.92 Å². The van der Waals surface area contributed by atoms with E-state index in [1.807, 2.05) is 29.2 Å². The van der Waals surface area contributed by atoms with Crippen LogP contribution in [0.2, 0.25) is 0 Å². The molecule has 2 aliphatic rings. The van der Waals surface area contributed by atoms with Crippen LogP contribution in [0.15, 0.2) is 41.5 Å². The number of anilines is 2. The molecule has 182 valence electrons. The second-order valence-corrected chi connectivity index (χ2v) is 8.63. The molecule has 0 unspecified atom stereocenters. The van der Waals surface area contributed by atoms with Crippen LogP contribution >= 0.6 is 0 Å². The van der Waals surface area contributed by atoms with Crippen molar-refractivity contribution in [3.8, 4) is 5.88 Å². The van der Waals surface area contributed by atoms with Crippen molar-refractivity contribution in [2.75, 3.05) is 76.0 Å². The first-order chi connectivity index (χ1) is 16.6. The van der Waals surface area contributed by atoms with E-state index in [0.717, 1.165) is 57.1 Å². The number of nitrogens with zero attached hydrogens (tertiary/aromatic N) is 5. The fraction of sp³-hybridized carbons (Fsp3) is 0.480. The Morgan fingerprint density at radius 2 is 1.94 bits per heavy atom. The van der Waals surface area contributed by atoms with Gasteiger partial charge in [0.05, 0.1) is 19.4 Å². The van der Waals surface area contributed by atoms with Crippen LogP contribution in [0.5, 0.6) is 5.88 Å². The number of aromatic nitrogens is 1. The second kappa shape index (κ2) is 11.8. The molecule has 0 radical (unpaired) electrons. The Labute approximate surface area is 201 Å². The van der Waals surface area contributed by atoms with Crippen LogP contribution in [0.25, 0.3) is 0 Å². The van der Waals surface area contributed by atoms with E-state index in [0.29, 0.717) is 31.5 Å². The zero-order chi connectivity index (χ0) is 23.8. The number of aryl methyl sites for hydroxylation is 1. The molecular formula is C25H34N6O3. The third kappa shape index (κ3) is 6.91. The van der Waals surface area contributed by atoms with Gasteiger partial charge in [-0.3, -0.25) is 15.1 Å². The molecule has 9 nitrogen and oxygen atoms in total. The van der Waals surface area contributed by atoms with Gasteiger partial charge in [0.1, 0.15) is 6.61 Å². The van der Waals surface area contributed by atoms with Gasteiger partial charge < -0.3 is 19.3 Å². The van der Waals surface area contributed by atoms with Crippen molar-refractivity contribution in [1.29, 1.82) is 0 Å². The summed E-state index contributed by atoms with van der Waals surface area (Å²) in [4.78, 5) is 22.6. The van der Waals surface area contributed by atoms with E-state index >= 15 is 0 Å². The number of pyridine rings is 1. The summed E-state index contributed by atoms with van der Waals surface area (Å²) >= 11 is 0. The first-order valence-electron chi connectivity index (χ1n) is 11.9. The number of hydrazone groups is 1. The Bertz CT molecular complexity index is 984. The van der Waals surface area contributed by atoms with E-state index in [9.17, 15) is 4.79 Å². The SMILES string of the molecule is CC(=O)N1CCN(CCOc2cc(N3CCOCC3)cc(NN=Cc3cccc(C)c3)n2)CC1. The molecule has 4 rings (SSSR count). The lowest BCUT2D eigenvalue weighted by molar-refractivity contribution is -0.130. The van der Waals surface area contributed by atoms with Crippen molar-refractivity contribution < 1.29 is 14.3 Å². The lowest BCUT2D eigenvalue weighted by Gasteiger charge is -2.34. The van der Waals surface area contributed by atoms with Gasteiger partial charge in [0.2, 0.25) is 11.8 Å². The molecule has 1 aromatic heterocycles. The summed E-state index contributed by atoms with van der Waals surface area (Å²) in [5.74, 6) is 1.35. The number of carbonyl (C=O) groups is 1. The minimum Gasteiger partial charge on any atom is -0.476 e. The zero-order valence-corrected chi connectivity index (χ0v) is 20.1. The molecule has 0 aliphatic carbocycles. The molecule has 0 bridgehead atoms. The highest BCUT2D eigenvalue weighted by Gasteiger charge is 2.19. The average Bonchev–Trinajstić information content (AvgIpc) is 2.85. The number of morpholine rings is 1. The number of amides is 1. The standard InChI is InChI=1S/C25H34N6O3/c1-20-4-3-5-22(16-20)19-26-28-24-17-23(31-11-13-33-14-12-31)18-25(27-24)34-15-10-29-6-8-30(9-7-29)21(2)32/h3-5,16-19H,6-15H2,1-2H3,(H,27,28). The van der Waals surface area contributed by atoms with E-state index in [4.69, 9.17) is 9.47 Å². The van der Waals surface area contributed by atoms with Crippen molar-refractivity contribution in [1.82, 2.24) is 14.8 Å². The summed E-state index contributed by atoms with van der Waals surface area (Å²) in [6.07, 6.45) is 1.79. The molecule has 2 aliphatic heterocycles. The number of carbonyl (C=O) groups excluding carboxylic acids is 1. The summed E-state index contributed by atoms with van der Waals surface area (Å²) in [7, 11) is 0. The number of benzene rings is 1. The zero-order valence-electron chi connectivity index (χ0n) is 20.1. The third-order valence-corrected chi connectivity index (χ3v) is 6.07. The molecule has 2 fully saturated rings. The molecule has 0 saturated carbocycles. The smallest absolute Gasteiger partial charge is 0.219 e. The summed E-state index contributed by atoms with van der Waals surface area (Å²) in [6.45, 7) is 11.4. The van der Waals surface area contributed by atoms with E-state index in [1.165, 1.54) is 5.56 Å². The van der Waals surface area contributed by atoms with Crippen LogP contribution in [0.1, 0.15) is 18.1 Å². The number of hydrogen-bond acceptors (Lipinski definition) is 8. The Kier molecular flexibility index (Phi) is 8.32. The van der Waals surface area contributed by atoms with Crippen LogP contribution in [0.3, 0.4) is 0 Å². The van der Waals surface area contributed by atoms with Gasteiger partial charge in [0, 0.05) is 70.6 Å². The quantitative estimate of drug-likeness (QED) is 0.472. The van der Waals surface area contributed by atoms with Crippen molar-refractivity contribution in [2.45, 2.75) is 13.8 Å². The van der Waals surface area contributed by atoms with E-state index in [-0.39, 0.29) is 5.91 Å². The number of ether oxygens (including phenoxy) is 2. The lowest BCUT2D eigenvalue weighted by Crippen LogP contribution is -2.48. The van der Waals surface area contributed by atoms with Crippen LogP contribution < -0.4 is 15.1 Å².